The minimum atomic E-state index is -2.88. The Morgan fingerprint density at radius 3 is 2.57 bits per heavy atom. The number of hydrogen-bond acceptors (Lipinski definition) is 4. The van der Waals surface area contributed by atoms with Crippen molar-refractivity contribution in [2.75, 3.05) is 38.2 Å². The van der Waals surface area contributed by atoms with Crippen molar-refractivity contribution in [3.8, 4) is 0 Å². The van der Waals surface area contributed by atoms with E-state index in [2.05, 4.69) is 26.6 Å². The second-order valence-electron chi connectivity index (χ2n) is 7.51. The molecule has 2 heterocycles. The number of aliphatic imine (C=N–C) groups is 1. The van der Waals surface area contributed by atoms with Gasteiger partial charge in [-0.25, -0.2) is 8.42 Å². The van der Waals surface area contributed by atoms with Crippen LogP contribution in [-0.2, 0) is 16.4 Å². The monoisotopic (exact) mass is 540 g/mol. The molecule has 0 radical (unpaired) electrons. The van der Waals surface area contributed by atoms with Gasteiger partial charge in [-0.05, 0) is 49.9 Å². The van der Waals surface area contributed by atoms with Gasteiger partial charge in [0.2, 0.25) is 0 Å². The van der Waals surface area contributed by atoms with E-state index in [1.807, 2.05) is 18.2 Å². The molecule has 2 fully saturated rings. The molecule has 0 bridgehead atoms. The standard InChI is InChI=1S/C19H29ClN4O2S.HI/c1-21-19(23-17-8-11-27(25,26)14-17)22-12-15-6-9-24(10-7-15)13-16-4-2-3-5-18(16)20;/h2-5,15,17H,6-14H2,1H3,(H2,21,22,23);1H. The summed E-state index contributed by atoms with van der Waals surface area (Å²) < 4.78 is 23.2. The van der Waals surface area contributed by atoms with Gasteiger partial charge in [0.15, 0.2) is 15.8 Å². The molecule has 9 heteroatoms. The minimum Gasteiger partial charge on any atom is -0.356 e. The number of likely N-dealkylation sites (tertiary alicyclic amines) is 1. The van der Waals surface area contributed by atoms with Crippen LogP contribution in [0.5, 0.6) is 0 Å². The first-order valence-corrected chi connectivity index (χ1v) is 11.8. The third-order valence-corrected chi connectivity index (χ3v) is 7.55. The molecule has 2 aliphatic heterocycles. The van der Waals surface area contributed by atoms with Crippen LogP contribution in [0.4, 0.5) is 0 Å². The van der Waals surface area contributed by atoms with E-state index in [0.29, 0.717) is 18.3 Å². The van der Waals surface area contributed by atoms with Crippen molar-refractivity contribution in [1.29, 1.82) is 0 Å². The topological polar surface area (TPSA) is 73.8 Å². The molecular weight excluding hydrogens is 511 g/mol. The average molecular weight is 541 g/mol. The van der Waals surface area contributed by atoms with Crippen molar-refractivity contribution in [1.82, 2.24) is 15.5 Å². The molecule has 2 aliphatic rings. The Bertz CT molecular complexity index is 767. The van der Waals surface area contributed by atoms with E-state index in [1.165, 1.54) is 5.56 Å². The van der Waals surface area contributed by atoms with Gasteiger partial charge < -0.3 is 10.6 Å². The number of benzene rings is 1. The maximum atomic E-state index is 11.6. The van der Waals surface area contributed by atoms with Gasteiger partial charge >= 0.3 is 0 Å². The van der Waals surface area contributed by atoms with Crippen LogP contribution in [0, 0.1) is 5.92 Å². The third kappa shape index (κ3) is 7.03. The number of guanidine groups is 1. The lowest BCUT2D eigenvalue weighted by atomic mass is 9.96. The molecule has 2 N–H and O–H groups in total. The summed E-state index contributed by atoms with van der Waals surface area (Å²) in [5, 5.41) is 7.45. The summed E-state index contributed by atoms with van der Waals surface area (Å²) in [5.74, 6) is 1.77. The number of nitrogens with one attached hydrogen (secondary N) is 2. The van der Waals surface area contributed by atoms with E-state index in [0.717, 1.165) is 44.0 Å². The van der Waals surface area contributed by atoms with E-state index >= 15 is 0 Å². The molecule has 28 heavy (non-hydrogen) atoms. The highest BCUT2D eigenvalue weighted by atomic mass is 127. The molecule has 0 amide bonds. The Kier molecular flexibility index (Phi) is 9.30. The lowest BCUT2D eigenvalue weighted by Crippen LogP contribution is -2.46. The van der Waals surface area contributed by atoms with Gasteiger partial charge in [0, 0.05) is 31.2 Å². The number of hydrogen-bond donors (Lipinski definition) is 2. The molecule has 0 spiro atoms. The van der Waals surface area contributed by atoms with Crippen LogP contribution in [0.1, 0.15) is 24.8 Å². The minimum absolute atomic E-state index is 0. The summed E-state index contributed by atoms with van der Waals surface area (Å²) in [4.78, 5) is 6.69. The summed E-state index contributed by atoms with van der Waals surface area (Å²) in [6.07, 6.45) is 2.92. The van der Waals surface area contributed by atoms with Crippen molar-refractivity contribution in [2.45, 2.75) is 31.8 Å². The number of piperidine rings is 1. The highest BCUT2D eigenvalue weighted by molar-refractivity contribution is 14.0. The van der Waals surface area contributed by atoms with E-state index in [-0.39, 0.29) is 41.5 Å². The highest BCUT2D eigenvalue weighted by Crippen LogP contribution is 2.22. The van der Waals surface area contributed by atoms with E-state index in [9.17, 15) is 8.42 Å². The highest BCUT2D eigenvalue weighted by Gasteiger charge is 2.28. The van der Waals surface area contributed by atoms with Gasteiger partial charge in [-0.2, -0.15) is 0 Å². The molecule has 0 saturated carbocycles. The summed E-state index contributed by atoms with van der Waals surface area (Å²) in [5.41, 5.74) is 1.19. The zero-order valence-corrected chi connectivity index (χ0v) is 20.1. The van der Waals surface area contributed by atoms with Crippen LogP contribution >= 0.6 is 35.6 Å². The third-order valence-electron chi connectivity index (χ3n) is 5.41. The quantitative estimate of drug-likeness (QED) is 0.341. The SMILES string of the molecule is CN=C(NCC1CCN(Cc2ccccc2Cl)CC1)NC1CCS(=O)(=O)C1.I. The maximum Gasteiger partial charge on any atom is 0.191 e. The largest absolute Gasteiger partial charge is 0.356 e. The number of nitrogens with zero attached hydrogens (tertiary/aromatic N) is 2. The van der Waals surface area contributed by atoms with E-state index in [1.54, 1.807) is 7.05 Å². The fourth-order valence-electron chi connectivity index (χ4n) is 3.75. The molecule has 1 aromatic carbocycles. The number of rotatable bonds is 5. The van der Waals surface area contributed by atoms with Crippen LogP contribution in [0.25, 0.3) is 0 Å². The smallest absolute Gasteiger partial charge is 0.191 e. The molecule has 2 saturated heterocycles. The Labute approximate surface area is 190 Å². The summed E-state index contributed by atoms with van der Waals surface area (Å²) in [7, 11) is -1.15. The number of halogens is 2. The molecule has 0 aromatic heterocycles. The van der Waals surface area contributed by atoms with Crippen LogP contribution < -0.4 is 10.6 Å². The first-order valence-electron chi connectivity index (χ1n) is 9.58. The first-order chi connectivity index (χ1) is 12.9. The van der Waals surface area contributed by atoms with Crippen LogP contribution in [0.15, 0.2) is 29.3 Å². The summed E-state index contributed by atoms with van der Waals surface area (Å²) in [6.45, 7) is 3.88. The molecule has 6 nitrogen and oxygen atoms in total. The van der Waals surface area contributed by atoms with Crippen molar-refractivity contribution in [2.24, 2.45) is 10.9 Å². The molecule has 3 rings (SSSR count). The normalized spacial score (nSPS) is 23.2. The Morgan fingerprint density at radius 2 is 1.96 bits per heavy atom. The van der Waals surface area contributed by atoms with Gasteiger partial charge in [-0.1, -0.05) is 29.8 Å². The van der Waals surface area contributed by atoms with Crippen molar-refractivity contribution < 1.29 is 8.42 Å². The second kappa shape index (κ2) is 11.0. The zero-order valence-electron chi connectivity index (χ0n) is 16.2. The van der Waals surface area contributed by atoms with Crippen molar-refractivity contribution in [3.05, 3.63) is 34.9 Å². The van der Waals surface area contributed by atoms with Crippen molar-refractivity contribution >= 4 is 51.4 Å². The van der Waals surface area contributed by atoms with Crippen molar-refractivity contribution in [3.63, 3.8) is 0 Å². The molecule has 1 atom stereocenters. The Balaban J connectivity index is 0.00000280. The summed E-state index contributed by atoms with van der Waals surface area (Å²) in [6, 6.07) is 8.01. The first kappa shape index (κ1) is 23.7. The van der Waals surface area contributed by atoms with Gasteiger partial charge in [0.1, 0.15) is 0 Å². The zero-order chi connectivity index (χ0) is 19.3. The maximum absolute atomic E-state index is 11.6. The lowest BCUT2D eigenvalue weighted by molar-refractivity contribution is 0.178. The van der Waals surface area contributed by atoms with Gasteiger partial charge in [-0.3, -0.25) is 9.89 Å². The predicted molar refractivity (Wildman–Crippen MR) is 126 cm³/mol. The molecule has 0 aliphatic carbocycles. The fourth-order valence-corrected chi connectivity index (χ4v) is 5.62. The van der Waals surface area contributed by atoms with Gasteiger partial charge in [0.05, 0.1) is 11.5 Å². The molecule has 158 valence electrons. The van der Waals surface area contributed by atoms with E-state index < -0.39 is 9.84 Å². The molecule has 1 unspecified atom stereocenters. The molecular formula is C19H30ClIN4O2S. The lowest BCUT2D eigenvalue weighted by Gasteiger charge is -2.32. The summed E-state index contributed by atoms with van der Waals surface area (Å²) >= 11 is 6.27. The molecule has 1 aromatic rings. The van der Waals surface area contributed by atoms with Crippen LogP contribution in [-0.4, -0.2) is 63.5 Å². The fraction of sp³-hybridized carbons (Fsp3) is 0.632. The Hall–Kier alpha value is -0.580. The van der Waals surface area contributed by atoms with Gasteiger partial charge in [0.25, 0.3) is 0 Å². The predicted octanol–water partition coefficient (Wildman–Crippen LogP) is 2.52. The number of sulfone groups is 1. The second-order valence-corrected chi connectivity index (χ2v) is 10.1. The van der Waals surface area contributed by atoms with Gasteiger partial charge in [-0.15, -0.1) is 24.0 Å². The Morgan fingerprint density at radius 1 is 1.25 bits per heavy atom. The average Bonchev–Trinajstić information content (AvgIpc) is 3.00. The van der Waals surface area contributed by atoms with Crippen LogP contribution in [0.3, 0.4) is 0 Å². The van der Waals surface area contributed by atoms with Crippen LogP contribution in [0.2, 0.25) is 5.02 Å². The van der Waals surface area contributed by atoms with E-state index in [4.69, 9.17) is 11.6 Å².